The van der Waals surface area contributed by atoms with Crippen LogP contribution in [0.15, 0.2) is 17.5 Å². The molecule has 7 heteroatoms. The summed E-state index contributed by atoms with van der Waals surface area (Å²) in [6.07, 6.45) is 0. The van der Waals surface area contributed by atoms with Gasteiger partial charge in [0.1, 0.15) is 5.00 Å². The van der Waals surface area contributed by atoms with Crippen LogP contribution in [-0.2, 0) is 0 Å². The van der Waals surface area contributed by atoms with Gasteiger partial charge in [-0.1, -0.05) is 0 Å². The second kappa shape index (κ2) is 5.46. The van der Waals surface area contributed by atoms with Gasteiger partial charge in [0.05, 0.1) is 5.56 Å². The SMILES string of the molecule is Cc1cc(C(=O)Nc2sccc2C(N)=O)nn1C(C)C. The number of anilines is 1. The third-order valence-electron chi connectivity index (χ3n) is 2.80. The Morgan fingerprint density at radius 3 is 2.70 bits per heavy atom. The van der Waals surface area contributed by atoms with E-state index in [0.717, 1.165) is 5.69 Å². The predicted octanol–water partition coefficient (Wildman–Crippen LogP) is 2.19. The molecule has 0 aromatic carbocycles. The van der Waals surface area contributed by atoms with Crippen molar-refractivity contribution in [2.24, 2.45) is 5.73 Å². The van der Waals surface area contributed by atoms with Crippen molar-refractivity contribution in [3.8, 4) is 0 Å². The van der Waals surface area contributed by atoms with Crippen LogP contribution in [0.3, 0.4) is 0 Å². The van der Waals surface area contributed by atoms with Crippen molar-refractivity contribution in [3.05, 3.63) is 34.5 Å². The van der Waals surface area contributed by atoms with Crippen LogP contribution in [0, 0.1) is 6.92 Å². The van der Waals surface area contributed by atoms with E-state index in [2.05, 4.69) is 10.4 Å². The van der Waals surface area contributed by atoms with Crippen molar-refractivity contribution >= 4 is 28.2 Å². The average molecular weight is 292 g/mol. The van der Waals surface area contributed by atoms with E-state index in [4.69, 9.17) is 5.73 Å². The number of hydrogen-bond donors (Lipinski definition) is 2. The van der Waals surface area contributed by atoms with Crippen molar-refractivity contribution in [2.75, 3.05) is 5.32 Å². The van der Waals surface area contributed by atoms with E-state index in [9.17, 15) is 9.59 Å². The van der Waals surface area contributed by atoms with Gasteiger partial charge < -0.3 is 11.1 Å². The number of primary amides is 1. The van der Waals surface area contributed by atoms with Crippen molar-refractivity contribution in [1.29, 1.82) is 0 Å². The Bertz CT molecular complexity index is 657. The fourth-order valence-corrected chi connectivity index (χ4v) is 2.68. The first kappa shape index (κ1) is 14.3. The summed E-state index contributed by atoms with van der Waals surface area (Å²) >= 11 is 1.25. The number of aryl methyl sites for hydroxylation is 1. The first-order valence-corrected chi connectivity index (χ1v) is 7.03. The molecule has 2 rings (SSSR count). The maximum atomic E-state index is 12.1. The van der Waals surface area contributed by atoms with Crippen LogP contribution in [0.4, 0.5) is 5.00 Å². The van der Waals surface area contributed by atoms with Gasteiger partial charge in [-0.05, 0) is 38.3 Å². The highest BCUT2D eigenvalue weighted by Gasteiger charge is 2.17. The third-order valence-corrected chi connectivity index (χ3v) is 3.63. The molecule has 0 atom stereocenters. The number of carbonyl (C=O) groups excluding carboxylic acids is 2. The van der Waals surface area contributed by atoms with E-state index in [1.807, 2.05) is 20.8 Å². The number of nitrogens with two attached hydrogens (primary N) is 1. The van der Waals surface area contributed by atoms with Crippen molar-refractivity contribution in [1.82, 2.24) is 9.78 Å². The molecule has 0 aliphatic heterocycles. The van der Waals surface area contributed by atoms with Gasteiger partial charge in [0.15, 0.2) is 5.69 Å². The van der Waals surface area contributed by atoms with Gasteiger partial charge in [-0.15, -0.1) is 11.3 Å². The number of thiophene rings is 1. The minimum Gasteiger partial charge on any atom is -0.366 e. The van der Waals surface area contributed by atoms with E-state index < -0.39 is 5.91 Å². The molecule has 0 unspecified atom stereocenters. The minimum atomic E-state index is -0.564. The summed E-state index contributed by atoms with van der Waals surface area (Å²) in [6.45, 7) is 5.88. The molecule has 0 aliphatic rings. The quantitative estimate of drug-likeness (QED) is 0.905. The Morgan fingerprint density at radius 1 is 1.45 bits per heavy atom. The molecule has 3 N–H and O–H groups in total. The smallest absolute Gasteiger partial charge is 0.276 e. The molecule has 2 aromatic heterocycles. The van der Waals surface area contributed by atoms with Gasteiger partial charge in [0, 0.05) is 11.7 Å². The highest BCUT2D eigenvalue weighted by molar-refractivity contribution is 7.14. The molecular formula is C13H16N4O2S. The number of nitrogens with one attached hydrogen (secondary N) is 1. The van der Waals surface area contributed by atoms with Gasteiger partial charge in [0.25, 0.3) is 11.8 Å². The van der Waals surface area contributed by atoms with Crippen LogP contribution >= 0.6 is 11.3 Å². The number of hydrogen-bond acceptors (Lipinski definition) is 4. The van der Waals surface area contributed by atoms with Gasteiger partial charge in [-0.3, -0.25) is 14.3 Å². The zero-order valence-electron chi connectivity index (χ0n) is 11.5. The largest absolute Gasteiger partial charge is 0.366 e. The van der Waals surface area contributed by atoms with E-state index in [1.165, 1.54) is 11.3 Å². The Labute approximate surface area is 120 Å². The number of amides is 2. The minimum absolute atomic E-state index is 0.180. The van der Waals surface area contributed by atoms with Gasteiger partial charge in [0.2, 0.25) is 0 Å². The molecule has 0 radical (unpaired) electrons. The van der Waals surface area contributed by atoms with E-state index in [1.54, 1.807) is 22.2 Å². The number of nitrogens with zero attached hydrogens (tertiary/aromatic N) is 2. The highest BCUT2D eigenvalue weighted by Crippen LogP contribution is 2.23. The lowest BCUT2D eigenvalue weighted by Crippen LogP contribution is -2.17. The number of rotatable bonds is 4. The first-order chi connectivity index (χ1) is 9.40. The fourth-order valence-electron chi connectivity index (χ4n) is 1.89. The number of carbonyl (C=O) groups is 2. The molecule has 0 aliphatic carbocycles. The van der Waals surface area contributed by atoms with E-state index >= 15 is 0 Å². The van der Waals surface area contributed by atoms with Gasteiger partial charge >= 0.3 is 0 Å². The molecule has 106 valence electrons. The summed E-state index contributed by atoms with van der Waals surface area (Å²) < 4.78 is 1.78. The molecule has 0 fully saturated rings. The molecule has 2 heterocycles. The molecule has 0 saturated carbocycles. The molecular weight excluding hydrogens is 276 g/mol. The maximum absolute atomic E-state index is 12.1. The van der Waals surface area contributed by atoms with Gasteiger partial charge in [-0.25, -0.2) is 0 Å². The molecule has 2 amide bonds. The standard InChI is InChI=1S/C13H16N4O2S/c1-7(2)17-8(3)6-10(16-17)12(19)15-13-9(11(14)18)4-5-20-13/h4-7H,1-3H3,(H2,14,18)(H,15,19). The fraction of sp³-hybridized carbons (Fsp3) is 0.308. The molecule has 20 heavy (non-hydrogen) atoms. The summed E-state index contributed by atoms with van der Waals surface area (Å²) in [5, 5.41) is 9.07. The average Bonchev–Trinajstić information content (AvgIpc) is 2.95. The van der Waals surface area contributed by atoms with Crippen LogP contribution in [0.5, 0.6) is 0 Å². The Balaban J connectivity index is 2.22. The monoisotopic (exact) mass is 292 g/mol. The third kappa shape index (κ3) is 2.72. The molecule has 0 saturated heterocycles. The zero-order chi connectivity index (χ0) is 14.9. The summed E-state index contributed by atoms with van der Waals surface area (Å²) in [7, 11) is 0. The normalized spacial score (nSPS) is 10.8. The number of aromatic nitrogens is 2. The van der Waals surface area contributed by atoms with E-state index in [-0.39, 0.29) is 11.9 Å². The Morgan fingerprint density at radius 2 is 2.15 bits per heavy atom. The van der Waals surface area contributed by atoms with Crippen LogP contribution < -0.4 is 11.1 Å². The second-order valence-corrected chi connectivity index (χ2v) is 5.61. The first-order valence-electron chi connectivity index (χ1n) is 6.15. The summed E-state index contributed by atoms with van der Waals surface area (Å²) in [5.41, 5.74) is 6.77. The molecule has 0 bridgehead atoms. The van der Waals surface area contributed by atoms with Crippen LogP contribution in [0.25, 0.3) is 0 Å². The molecule has 2 aromatic rings. The lowest BCUT2D eigenvalue weighted by atomic mass is 10.3. The van der Waals surface area contributed by atoms with Crippen molar-refractivity contribution < 1.29 is 9.59 Å². The predicted molar refractivity (Wildman–Crippen MR) is 78.1 cm³/mol. The Hall–Kier alpha value is -2.15. The van der Waals surface area contributed by atoms with Crippen molar-refractivity contribution in [3.63, 3.8) is 0 Å². The lowest BCUT2D eigenvalue weighted by molar-refractivity contribution is 0.100. The van der Waals surface area contributed by atoms with Crippen molar-refractivity contribution in [2.45, 2.75) is 26.8 Å². The maximum Gasteiger partial charge on any atom is 0.276 e. The molecule has 6 nitrogen and oxygen atoms in total. The topological polar surface area (TPSA) is 90.0 Å². The summed E-state index contributed by atoms with van der Waals surface area (Å²) in [4.78, 5) is 23.3. The van der Waals surface area contributed by atoms with E-state index in [0.29, 0.717) is 16.3 Å². The lowest BCUT2D eigenvalue weighted by Gasteiger charge is -2.07. The van der Waals surface area contributed by atoms with Gasteiger partial charge in [-0.2, -0.15) is 5.10 Å². The van der Waals surface area contributed by atoms with Crippen LogP contribution in [0.2, 0.25) is 0 Å². The summed E-state index contributed by atoms with van der Waals surface area (Å²) in [5.74, 6) is -0.914. The Kier molecular flexibility index (Phi) is 3.89. The molecule has 0 spiro atoms. The van der Waals surface area contributed by atoms with Crippen LogP contribution in [-0.4, -0.2) is 21.6 Å². The highest BCUT2D eigenvalue weighted by atomic mass is 32.1. The zero-order valence-corrected chi connectivity index (χ0v) is 12.3. The summed E-state index contributed by atoms with van der Waals surface area (Å²) in [6, 6.07) is 3.48. The second-order valence-electron chi connectivity index (χ2n) is 4.69. The van der Waals surface area contributed by atoms with Crippen LogP contribution in [0.1, 0.15) is 46.4 Å².